The van der Waals surface area contributed by atoms with E-state index in [0.29, 0.717) is 11.3 Å². The van der Waals surface area contributed by atoms with Gasteiger partial charge < -0.3 is 5.73 Å². The third-order valence-corrected chi connectivity index (χ3v) is 2.40. The van der Waals surface area contributed by atoms with Crippen molar-refractivity contribution in [2.75, 3.05) is 5.73 Å². The second kappa shape index (κ2) is 3.81. The van der Waals surface area contributed by atoms with Crippen LogP contribution in [0.1, 0.15) is 5.56 Å². The molecular formula is C12H11FN2O. The van der Waals surface area contributed by atoms with Gasteiger partial charge in [0.25, 0.3) is 5.56 Å². The molecule has 0 saturated carbocycles. The minimum absolute atomic E-state index is 0.0736. The number of anilines is 1. The fourth-order valence-corrected chi connectivity index (χ4v) is 1.47. The van der Waals surface area contributed by atoms with Crippen LogP contribution in [0.2, 0.25) is 0 Å². The lowest BCUT2D eigenvalue weighted by atomic mass is 10.2. The van der Waals surface area contributed by atoms with Gasteiger partial charge in [0.1, 0.15) is 5.82 Å². The molecule has 0 aliphatic rings. The molecule has 0 saturated heterocycles. The average Bonchev–Trinajstić information content (AvgIpc) is 2.26. The van der Waals surface area contributed by atoms with Crippen molar-refractivity contribution in [3.8, 4) is 5.69 Å². The molecule has 2 aromatic rings. The number of pyridine rings is 1. The molecule has 1 heterocycles. The van der Waals surface area contributed by atoms with E-state index in [0.717, 1.165) is 0 Å². The Balaban J connectivity index is 2.64. The normalized spacial score (nSPS) is 10.4. The van der Waals surface area contributed by atoms with Gasteiger partial charge >= 0.3 is 0 Å². The number of benzene rings is 1. The van der Waals surface area contributed by atoms with Crippen molar-refractivity contribution in [3.05, 3.63) is 58.3 Å². The maximum Gasteiger partial charge on any atom is 0.257 e. The molecule has 2 rings (SSSR count). The topological polar surface area (TPSA) is 48.0 Å². The molecule has 0 fully saturated rings. The molecular weight excluding hydrogens is 207 g/mol. The predicted molar refractivity (Wildman–Crippen MR) is 61.1 cm³/mol. The van der Waals surface area contributed by atoms with Crippen LogP contribution in [-0.4, -0.2) is 4.57 Å². The quantitative estimate of drug-likeness (QED) is 0.743. The Morgan fingerprint density at radius 3 is 2.75 bits per heavy atom. The summed E-state index contributed by atoms with van der Waals surface area (Å²) in [4.78, 5) is 11.8. The van der Waals surface area contributed by atoms with Crippen molar-refractivity contribution < 1.29 is 4.39 Å². The summed E-state index contributed by atoms with van der Waals surface area (Å²) in [6, 6.07) is 7.76. The summed E-state index contributed by atoms with van der Waals surface area (Å²) >= 11 is 0. The number of nitrogens with two attached hydrogens (primary N) is 1. The van der Waals surface area contributed by atoms with Gasteiger partial charge in [0.2, 0.25) is 0 Å². The molecule has 0 atom stereocenters. The number of halogens is 1. The van der Waals surface area contributed by atoms with E-state index >= 15 is 0 Å². The monoisotopic (exact) mass is 218 g/mol. The first-order chi connectivity index (χ1) is 7.59. The van der Waals surface area contributed by atoms with Gasteiger partial charge in [-0.25, -0.2) is 4.39 Å². The minimum Gasteiger partial charge on any atom is -0.396 e. The lowest BCUT2D eigenvalue weighted by Gasteiger charge is -2.07. The van der Waals surface area contributed by atoms with E-state index in [9.17, 15) is 9.18 Å². The Morgan fingerprint density at radius 2 is 2.06 bits per heavy atom. The maximum absolute atomic E-state index is 13.3. The van der Waals surface area contributed by atoms with E-state index in [2.05, 4.69) is 0 Å². The second-order valence-electron chi connectivity index (χ2n) is 3.57. The van der Waals surface area contributed by atoms with Gasteiger partial charge in [-0.3, -0.25) is 9.36 Å². The van der Waals surface area contributed by atoms with Crippen molar-refractivity contribution in [2.24, 2.45) is 0 Å². The summed E-state index contributed by atoms with van der Waals surface area (Å²) in [5.41, 5.74) is 6.37. The summed E-state index contributed by atoms with van der Waals surface area (Å²) in [7, 11) is 0. The number of nitrogens with zero attached hydrogens (tertiary/aromatic N) is 1. The van der Waals surface area contributed by atoms with Crippen LogP contribution in [0.4, 0.5) is 10.1 Å². The summed E-state index contributed by atoms with van der Waals surface area (Å²) in [5, 5.41) is 0. The van der Waals surface area contributed by atoms with Crippen LogP contribution in [-0.2, 0) is 0 Å². The average molecular weight is 218 g/mol. The summed E-state index contributed by atoms with van der Waals surface area (Å²) in [6.07, 6.45) is 1.60. The number of hydrogen-bond donors (Lipinski definition) is 1. The molecule has 1 aromatic heterocycles. The zero-order valence-corrected chi connectivity index (χ0v) is 8.77. The highest BCUT2D eigenvalue weighted by Gasteiger charge is 2.04. The molecule has 1 aromatic carbocycles. The minimum atomic E-state index is -0.522. The third-order valence-electron chi connectivity index (χ3n) is 2.40. The van der Waals surface area contributed by atoms with Crippen molar-refractivity contribution in [1.82, 2.24) is 4.57 Å². The van der Waals surface area contributed by atoms with Crippen LogP contribution in [0.5, 0.6) is 0 Å². The molecule has 2 N–H and O–H groups in total. The first-order valence-electron chi connectivity index (χ1n) is 4.83. The van der Waals surface area contributed by atoms with Crippen LogP contribution in [0.3, 0.4) is 0 Å². The van der Waals surface area contributed by atoms with Crippen LogP contribution >= 0.6 is 0 Å². The van der Waals surface area contributed by atoms with E-state index in [1.54, 1.807) is 31.3 Å². The Kier molecular flexibility index (Phi) is 2.48. The number of rotatable bonds is 1. The number of hydrogen-bond acceptors (Lipinski definition) is 2. The Morgan fingerprint density at radius 1 is 1.31 bits per heavy atom. The lowest BCUT2D eigenvalue weighted by Crippen LogP contribution is -2.19. The van der Waals surface area contributed by atoms with Gasteiger partial charge in [0.15, 0.2) is 0 Å². The van der Waals surface area contributed by atoms with Crippen molar-refractivity contribution in [2.45, 2.75) is 6.92 Å². The Bertz CT molecular complexity index is 590. The highest BCUT2D eigenvalue weighted by atomic mass is 19.1. The summed E-state index contributed by atoms with van der Waals surface area (Å²) in [5.74, 6) is -0.522. The first kappa shape index (κ1) is 10.4. The van der Waals surface area contributed by atoms with Crippen LogP contribution in [0, 0.1) is 12.7 Å². The summed E-state index contributed by atoms with van der Waals surface area (Å²) < 4.78 is 14.6. The highest BCUT2D eigenvalue weighted by Crippen LogP contribution is 2.14. The maximum atomic E-state index is 13.3. The fraction of sp³-hybridized carbons (Fsp3) is 0.0833. The van der Waals surface area contributed by atoms with E-state index in [1.165, 1.54) is 16.7 Å². The van der Waals surface area contributed by atoms with Gasteiger partial charge in [-0.15, -0.1) is 0 Å². The smallest absolute Gasteiger partial charge is 0.257 e. The van der Waals surface area contributed by atoms with Gasteiger partial charge in [-0.1, -0.05) is 6.07 Å². The number of aryl methyl sites for hydroxylation is 1. The molecule has 16 heavy (non-hydrogen) atoms. The third kappa shape index (κ3) is 1.69. The van der Waals surface area contributed by atoms with E-state index < -0.39 is 5.82 Å². The molecule has 0 radical (unpaired) electrons. The largest absolute Gasteiger partial charge is 0.396 e. The lowest BCUT2D eigenvalue weighted by molar-refractivity contribution is 0.631. The number of nitrogen functional groups attached to an aromatic ring is 1. The zero-order chi connectivity index (χ0) is 11.7. The van der Waals surface area contributed by atoms with Crippen molar-refractivity contribution >= 4 is 5.69 Å². The van der Waals surface area contributed by atoms with E-state index in [4.69, 9.17) is 5.73 Å². The first-order valence-corrected chi connectivity index (χ1v) is 4.83. The standard InChI is InChI=1S/C12H11FN2O/c1-8-3-2-6-15(12(8)16)9-4-5-11(14)10(13)7-9/h2-7H,14H2,1H3. The van der Waals surface area contributed by atoms with Crippen LogP contribution in [0.25, 0.3) is 5.69 Å². The highest BCUT2D eigenvalue weighted by molar-refractivity contribution is 5.46. The molecule has 82 valence electrons. The van der Waals surface area contributed by atoms with Crippen molar-refractivity contribution in [1.29, 1.82) is 0 Å². The Hall–Kier alpha value is -2.10. The summed E-state index contributed by atoms with van der Waals surface area (Å²) in [6.45, 7) is 1.71. The molecule has 0 spiro atoms. The van der Waals surface area contributed by atoms with Gasteiger partial charge in [-0.2, -0.15) is 0 Å². The van der Waals surface area contributed by atoms with E-state index in [-0.39, 0.29) is 11.2 Å². The SMILES string of the molecule is Cc1cccn(-c2ccc(N)c(F)c2)c1=O. The van der Waals surface area contributed by atoms with Gasteiger partial charge in [-0.05, 0) is 25.1 Å². The van der Waals surface area contributed by atoms with Crippen LogP contribution < -0.4 is 11.3 Å². The zero-order valence-electron chi connectivity index (χ0n) is 8.77. The molecule has 4 heteroatoms. The molecule has 0 amide bonds. The van der Waals surface area contributed by atoms with Gasteiger partial charge in [0.05, 0.1) is 11.4 Å². The molecule has 3 nitrogen and oxygen atoms in total. The molecule has 0 bridgehead atoms. The second-order valence-corrected chi connectivity index (χ2v) is 3.57. The van der Waals surface area contributed by atoms with Crippen molar-refractivity contribution in [3.63, 3.8) is 0 Å². The number of aromatic nitrogens is 1. The fourth-order valence-electron chi connectivity index (χ4n) is 1.47. The molecule has 0 aliphatic heterocycles. The van der Waals surface area contributed by atoms with Crippen LogP contribution in [0.15, 0.2) is 41.3 Å². The van der Waals surface area contributed by atoms with E-state index in [1.807, 2.05) is 0 Å². The molecule has 0 unspecified atom stereocenters. The van der Waals surface area contributed by atoms with Gasteiger partial charge in [0, 0.05) is 17.8 Å². The Labute approximate surface area is 92.0 Å². The molecule has 0 aliphatic carbocycles. The predicted octanol–water partition coefficient (Wildman–Crippen LogP) is 1.87.